The number of nitrogens with zero attached hydrogens (tertiary/aromatic N) is 2. The van der Waals surface area contributed by atoms with Crippen LogP contribution in [0.15, 0.2) is 70.4 Å². The van der Waals surface area contributed by atoms with Gasteiger partial charge in [-0.3, -0.25) is 0 Å². The maximum absolute atomic E-state index is 5.92. The maximum atomic E-state index is 5.92. The lowest BCUT2D eigenvalue weighted by Crippen LogP contribution is -2.06. The largest absolute Gasteiger partial charge is 0.490 e. The molecule has 0 aromatic heterocycles. The summed E-state index contributed by atoms with van der Waals surface area (Å²) in [6, 6.07) is 15.8. The van der Waals surface area contributed by atoms with Gasteiger partial charge in [-0.2, -0.15) is 5.10 Å². The van der Waals surface area contributed by atoms with Crippen LogP contribution in [0.3, 0.4) is 0 Å². The monoisotopic (exact) mass is 397 g/mol. The second kappa shape index (κ2) is 11.9. The predicted octanol–water partition coefficient (Wildman–Crippen LogP) is 5.01. The third-order valence-corrected chi connectivity index (χ3v) is 4.45. The Morgan fingerprint density at radius 1 is 1.07 bits per heavy atom. The third kappa shape index (κ3) is 7.88. The molecule has 5 nitrogen and oxygen atoms in total. The molecule has 0 bridgehead atoms. The SMILES string of the molecule is CCOc1cc(C=NN=C(N)SCc2ccccc2)ccc1OCC=C(C)C. The highest BCUT2D eigenvalue weighted by molar-refractivity contribution is 8.13. The van der Waals surface area contributed by atoms with Gasteiger partial charge in [0.1, 0.15) is 6.61 Å². The van der Waals surface area contributed by atoms with E-state index in [1.807, 2.05) is 63.2 Å². The molecule has 2 N–H and O–H groups in total. The zero-order valence-electron chi connectivity index (χ0n) is 16.6. The lowest BCUT2D eigenvalue weighted by molar-refractivity contribution is 0.296. The molecule has 28 heavy (non-hydrogen) atoms. The van der Waals surface area contributed by atoms with Gasteiger partial charge >= 0.3 is 0 Å². The summed E-state index contributed by atoms with van der Waals surface area (Å²) >= 11 is 1.45. The minimum absolute atomic E-state index is 0.423. The van der Waals surface area contributed by atoms with Crippen LogP contribution >= 0.6 is 11.8 Å². The minimum Gasteiger partial charge on any atom is -0.490 e. The number of amidine groups is 1. The fourth-order valence-corrected chi connectivity index (χ4v) is 2.82. The summed E-state index contributed by atoms with van der Waals surface area (Å²) in [7, 11) is 0. The first-order valence-corrected chi connectivity index (χ1v) is 10.1. The zero-order chi connectivity index (χ0) is 20.2. The third-order valence-electron chi connectivity index (χ3n) is 3.59. The number of benzene rings is 2. The highest BCUT2D eigenvalue weighted by atomic mass is 32.2. The number of allylic oxidation sites excluding steroid dienone is 1. The van der Waals surface area contributed by atoms with E-state index >= 15 is 0 Å². The molecule has 0 radical (unpaired) electrons. The summed E-state index contributed by atoms with van der Waals surface area (Å²) in [5.41, 5.74) is 9.18. The van der Waals surface area contributed by atoms with Crippen molar-refractivity contribution in [1.82, 2.24) is 0 Å². The first kappa shape index (κ1) is 21.6. The highest BCUT2D eigenvalue weighted by Crippen LogP contribution is 2.28. The molecular weight excluding hydrogens is 370 g/mol. The standard InChI is InChI=1S/C22H27N3O2S/c1-4-26-21-14-19(10-11-20(21)27-13-12-17(2)3)15-24-25-22(23)28-16-18-8-6-5-7-9-18/h5-12,14-15H,4,13,16H2,1-3H3,(H2,23,25). The Labute approximate surface area is 171 Å². The lowest BCUT2D eigenvalue weighted by Gasteiger charge is -2.11. The van der Waals surface area contributed by atoms with Crippen LogP contribution in [-0.2, 0) is 5.75 Å². The number of hydrogen-bond acceptors (Lipinski definition) is 5. The molecule has 0 unspecified atom stereocenters. The molecule has 2 rings (SSSR count). The lowest BCUT2D eigenvalue weighted by atomic mass is 10.2. The second-order valence-corrected chi connectivity index (χ2v) is 7.18. The average Bonchev–Trinajstić information content (AvgIpc) is 2.69. The van der Waals surface area contributed by atoms with Crippen molar-refractivity contribution in [2.75, 3.05) is 13.2 Å². The fourth-order valence-electron chi connectivity index (χ4n) is 2.20. The molecule has 0 heterocycles. The summed E-state index contributed by atoms with van der Waals surface area (Å²) < 4.78 is 11.5. The van der Waals surface area contributed by atoms with Crippen molar-refractivity contribution in [2.24, 2.45) is 15.9 Å². The van der Waals surface area contributed by atoms with Crippen molar-refractivity contribution in [3.05, 3.63) is 71.3 Å². The summed E-state index contributed by atoms with van der Waals surface area (Å²) in [5.74, 6) is 2.15. The molecule has 0 atom stereocenters. The van der Waals surface area contributed by atoms with Crippen LogP contribution in [0.5, 0.6) is 11.5 Å². The number of rotatable bonds is 9. The fraction of sp³-hybridized carbons (Fsp3) is 0.273. The molecule has 2 aromatic rings. The van der Waals surface area contributed by atoms with Crippen LogP contribution in [0.25, 0.3) is 0 Å². The van der Waals surface area contributed by atoms with Gasteiger partial charge in [0.05, 0.1) is 12.8 Å². The van der Waals surface area contributed by atoms with Crippen LogP contribution in [0.1, 0.15) is 31.9 Å². The molecule has 0 aliphatic carbocycles. The smallest absolute Gasteiger partial charge is 0.180 e. The molecule has 0 aliphatic rings. The van der Waals surface area contributed by atoms with E-state index in [1.165, 1.54) is 22.9 Å². The van der Waals surface area contributed by atoms with E-state index in [0.717, 1.165) is 11.3 Å². The van der Waals surface area contributed by atoms with E-state index in [-0.39, 0.29) is 0 Å². The Kier molecular flexibility index (Phi) is 9.15. The molecule has 0 fully saturated rings. The molecule has 148 valence electrons. The van der Waals surface area contributed by atoms with E-state index in [1.54, 1.807) is 6.21 Å². The summed E-state index contributed by atoms with van der Waals surface area (Å²) in [5, 5.41) is 8.55. The first-order chi connectivity index (χ1) is 13.6. The van der Waals surface area contributed by atoms with Gasteiger partial charge in [0.25, 0.3) is 0 Å². The average molecular weight is 398 g/mol. The molecular formula is C22H27N3O2S. The van der Waals surface area contributed by atoms with Crippen molar-refractivity contribution >= 4 is 23.1 Å². The Morgan fingerprint density at radius 2 is 1.86 bits per heavy atom. The van der Waals surface area contributed by atoms with Crippen molar-refractivity contribution in [3.63, 3.8) is 0 Å². The molecule has 0 spiro atoms. The number of thioether (sulfide) groups is 1. The van der Waals surface area contributed by atoms with E-state index in [4.69, 9.17) is 15.2 Å². The van der Waals surface area contributed by atoms with Crippen molar-refractivity contribution < 1.29 is 9.47 Å². The normalized spacial score (nSPS) is 11.5. The summed E-state index contributed by atoms with van der Waals surface area (Å²) in [4.78, 5) is 0. The summed E-state index contributed by atoms with van der Waals surface area (Å²) in [6.45, 7) is 7.08. The van der Waals surface area contributed by atoms with Gasteiger partial charge in [0.2, 0.25) is 0 Å². The molecule has 2 aromatic carbocycles. The summed E-state index contributed by atoms with van der Waals surface area (Å²) in [6.07, 6.45) is 3.67. The van der Waals surface area contributed by atoms with Gasteiger partial charge < -0.3 is 15.2 Å². The van der Waals surface area contributed by atoms with Crippen molar-refractivity contribution in [1.29, 1.82) is 0 Å². The van der Waals surface area contributed by atoms with Crippen LogP contribution in [0, 0.1) is 0 Å². The van der Waals surface area contributed by atoms with E-state index < -0.39 is 0 Å². The molecule has 6 heteroatoms. The van der Waals surface area contributed by atoms with E-state index in [9.17, 15) is 0 Å². The second-order valence-electron chi connectivity index (χ2n) is 6.19. The van der Waals surface area contributed by atoms with Gasteiger partial charge in [-0.05, 0) is 56.2 Å². The number of ether oxygens (including phenoxy) is 2. The maximum Gasteiger partial charge on any atom is 0.180 e. The van der Waals surface area contributed by atoms with Crippen molar-refractivity contribution in [2.45, 2.75) is 26.5 Å². The van der Waals surface area contributed by atoms with Gasteiger partial charge in [-0.1, -0.05) is 47.7 Å². The molecule has 0 saturated carbocycles. The Bertz CT molecular complexity index is 829. The number of nitrogens with two attached hydrogens (primary N) is 1. The minimum atomic E-state index is 0.423. The van der Waals surface area contributed by atoms with E-state index in [0.29, 0.717) is 29.9 Å². The predicted molar refractivity (Wildman–Crippen MR) is 119 cm³/mol. The number of hydrogen-bond donors (Lipinski definition) is 1. The molecule has 0 aliphatic heterocycles. The van der Waals surface area contributed by atoms with Crippen LogP contribution < -0.4 is 15.2 Å². The van der Waals surface area contributed by atoms with Crippen LogP contribution in [-0.4, -0.2) is 24.6 Å². The Morgan fingerprint density at radius 3 is 2.57 bits per heavy atom. The van der Waals surface area contributed by atoms with Crippen LogP contribution in [0.4, 0.5) is 0 Å². The quantitative estimate of drug-likeness (QED) is 0.279. The van der Waals surface area contributed by atoms with Gasteiger partial charge in [0.15, 0.2) is 16.7 Å². The van der Waals surface area contributed by atoms with Crippen LogP contribution in [0.2, 0.25) is 0 Å². The van der Waals surface area contributed by atoms with Gasteiger partial charge in [0, 0.05) is 5.75 Å². The van der Waals surface area contributed by atoms with Gasteiger partial charge in [-0.25, -0.2) is 0 Å². The zero-order valence-corrected chi connectivity index (χ0v) is 17.4. The Hall–Kier alpha value is -2.73. The molecule has 0 amide bonds. The first-order valence-electron chi connectivity index (χ1n) is 9.14. The molecule has 0 saturated heterocycles. The van der Waals surface area contributed by atoms with Gasteiger partial charge in [-0.15, -0.1) is 5.10 Å². The topological polar surface area (TPSA) is 69.2 Å². The Balaban J connectivity index is 1.97. The highest BCUT2D eigenvalue weighted by Gasteiger charge is 2.05. The van der Waals surface area contributed by atoms with Crippen molar-refractivity contribution in [3.8, 4) is 11.5 Å². The van der Waals surface area contributed by atoms with E-state index in [2.05, 4.69) is 22.3 Å².